The Kier molecular flexibility index (Phi) is 2.69. The predicted molar refractivity (Wildman–Crippen MR) is 40.0 cm³/mol. The van der Waals surface area contributed by atoms with Gasteiger partial charge in [0.05, 0.1) is 11.2 Å². The van der Waals surface area contributed by atoms with E-state index < -0.39 is 18.6 Å². The Hall–Kier alpha value is -0.620. The highest BCUT2D eigenvalue weighted by Gasteiger charge is 2.40. The van der Waals surface area contributed by atoms with Crippen molar-refractivity contribution in [3.8, 4) is 0 Å². The lowest BCUT2D eigenvalue weighted by atomic mass is 10.1. The number of hydrogen-bond acceptors (Lipinski definition) is 3. The van der Waals surface area contributed by atoms with Crippen molar-refractivity contribution in [1.29, 1.82) is 0 Å². The third-order valence-electron chi connectivity index (χ3n) is 1.44. The molecule has 0 amide bonds. The van der Waals surface area contributed by atoms with Gasteiger partial charge in [0.25, 0.3) is 0 Å². The molecule has 0 saturated carbocycles. The average Bonchev–Trinajstić information content (AvgIpc) is 2.38. The van der Waals surface area contributed by atoms with Gasteiger partial charge in [0.2, 0.25) is 0 Å². The van der Waals surface area contributed by atoms with Crippen LogP contribution in [0.2, 0.25) is 0 Å². The summed E-state index contributed by atoms with van der Waals surface area (Å²) in [4.78, 5) is 3.57. The fourth-order valence-electron chi connectivity index (χ4n) is 0.816. The topological polar surface area (TPSA) is 38.9 Å². The quantitative estimate of drug-likeness (QED) is 0.782. The summed E-state index contributed by atoms with van der Waals surface area (Å²) in [7, 11) is 0. The second-order valence-corrected chi connectivity index (χ2v) is 2.96. The van der Waals surface area contributed by atoms with Gasteiger partial charge in [0.1, 0.15) is 5.92 Å². The minimum absolute atomic E-state index is 0.00926. The molecule has 12 heavy (non-hydrogen) atoms. The molecule has 0 spiro atoms. The number of nitrogens with two attached hydrogens (primary N) is 1. The molecule has 1 heterocycles. The van der Waals surface area contributed by atoms with Crippen LogP contribution in [-0.2, 0) is 0 Å². The Balaban J connectivity index is 2.84. The lowest BCUT2D eigenvalue weighted by molar-refractivity contribution is -0.148. The van der Waals surface area contributed by atoms with Gasteiger partial charge in [-0.3, -0.25) is 0 Å². The van der Waals surface area contributed by atoms with Crippen LogP contribution in [-0.4, -0.2) is 17.7 Å². The van der Waals surface area contributed by atoms with Crippen LogP contribution < -0.4 is 5.73 Å². The molecule has 68 valence electrons. The molecular weight excluding hydrogens is 189 g/mol. The lowest BCUT2D eigenvalue weighted by Gasteiger charge is -2.15. The van der Waals surface area contributed by atoms with E-state index in [4.69, 9.17) is 5.73 Å². The van der Waals surface area contributed by atoms with E-state index in [9.17, 15) is 13.2 Å². The second kappa shape index (κ2) is 3.40. The Morgan fingerprint density at radius 2 is 2.25 bits per heavy atom. The van der Waals surface area contributed by atoms with Crippen LogP contribution in [0.1, 0.15) is 11.6 Å². The Labute approximate surface area is 71.2 Å². The third kappa shape index (κ3) is 1.95. The molecule has 0 aromatic carbocycles. The molecule has 2 nitrogen and oxygen atoms in total. The monoisotopic (exact) mass is 196 g/mol. The second-order valence-electron chi connectivity index (χ2n) is 2.24. The van der Waals surface area contributed by atoms with E-state index in [2.05, 4.69) is 4.98 Å². The summed E-state index contributed by atoms with van der Waals surface area (Å²) >= 11 is 1.13. The van der Waals surface area contributed by atoms with Crippen LogP contribution in [0.15, 0.2) is 10.9 Å². The van der Waals surface area contributed by atoms with Crippen molar-refractivity contribution in [3.05, 3.63) is 16.6 Å². The first-order valence-electron chi connectivity index (χ1n) is 3.20. The van der Waals surface area contributed by atoms with E-state index in [0.717, 1.165) is 11.3 Å². The molecule has 0 aliphatic carbocycles. The zero-order chi connectivity index (χ0) is 9.19. The lowest BCUT2D eigenvalue weighted by Crippen LogP contribution is -2.28. The van der Waals surface area contributed by atoms with Crippen molar-refractivity contribution >= 4 is 11.3 Å². The fraction of sp³-hybridized carbons (Fsp3) is 0.500. The van der Waals surface area contributed by atoms with Crippen molar-refractivity contribution in [2.75, 3.05) is 6.54 Å². The normalized spacial score (nSPS) is 14.7. The van der Waals surface area contributed by atoms with Crippen LogP contribution in [0.3, 0.4) is 0 Å². The summed E-state index contributed by atoms with van der Waals surface area (Å²) in [6, 6.07) is 0. The van der Waals surface area contributed by atoms with Crippen molar-refractivity contribution in [2.45, 2.75) is 12.1 Å². The van der Waals surface area contributed by atoms with E-state index in [1.54, 1.807) is 0 Å². The van der Waals surface area contributed by atoms with Crippen LogP contribution in [0.5, 0.6) is 0 Å². The Morgan fingerprint density at radius 1 is 1.58 bits per heavy atom. The van der Waals surface area contributed by atoms with Crippen LogP contribution in [0, 0.1) is 0 Å². The number of hydrogen-bond donors (Lipinski definition) is 1. The number of thiazole rings is 1. The highest BCUT2D eigenvalue weighted by atomic mass is 32.1. The SMILES string of the molecule is NCC(c1cscn1)C(F)(F)F. The van der Waals surface area contributed by atoms with E-state index in [1.165, 1.54) is 10.9 Å². The molecule has 0 aliphatic rings. The molecule has 6 heteroatoms. The van der Waals surface area contributed by atoms with E-state index in [0.29, 0.717) is 0 Å². The Bertz CT molecular complexity index is 231. The van der Waals surface area contributed by atoms with Gasteiger partial charge in [-0.15, -0.1) is 11.3 Å². The summed E-state index contributed by atoms with van der Waals surface area (Å²) < 4.78 is 36.5. The zero-order valence-electron chi connectivity index (χ0n) is 6.01. The summed E-state index contributed by atoms with van der Waals surface area (Å²) in [5.74, 6) is -1.62. The van der Waals surface area contributed by atoms with E-state index in [1.807, 2.05) is 0 Å². The van der Waals surface area contributed by atoms with Crippen molar-refractivity contribution < 1.29 is 13.2 Å². The van der Waals surface area contributed by atoms with Crippen molar-refractivity contribution in [3.63, 3.8) is 0 Å². The van der Waals surface area contributed by atoms with Gasteiger partial charge in [-0.05, 0) is 0 Å². The highest BCUT2D eigenvalue weighted by Crippen LogP contribution is 2.33. The summed E-state index contributed by atoms with van der Waals surface area (Å²) in [6.07, 6.45) is -4.29. The molecule has 1 rings (SSSR count). The van der Waals surface area contributed by atoms with Gasteiger partial charge in [0, 0.05) is 11.9 Å². The van der Waals surface area contributed by atoms with E-state index in [-0.39, 0.29) is 5.69 Å². The number of alkyl halides is 3. The van der Waals surface area contributed by atoms with Gasteiger partial charge in [-0.1, -0.05) is 0 Å². The molecule has 1 aromatic rings. The molecule has 1 aromatic heterocycles. The Morgan fingerprint density at radius 3 is 2.58 bits per heavy atom. The molecule has 2 N–H and O–H groups in total. The standard InChI is InChI=1S/C6H7F3N2S/c7-6(8,9)4(1-10)5-2-12-3-11-5/h2-4H,1,10H2. The summed E-state index contributed by atoms with van der Waals surface area (Å²) in [5.41, 5.74) is 6.37. The predicted octanol–water partition coefficient (Wildman–Crippen LogP) is 1.75. The van der Waals surface area contributed by atoms with Gasteiger partial charge < -0.3 is 5.73 Å². The molecule has 0 bridgehead atoms. The maximum Gasteiger partial charge on any atom is 0.398 e. The van der Waals surface area contributed by atoms with Gasteiger partial charge >= 0.3 is 6.18 Å². The molecule has 1 unspecified atom stereocenters. The molecule has 0 saturated heterocycles. The smallest absolute Gasteiger partial charge is 0.329 e. The maximum atomic E-state index is 12.2. The first-order chi connectivity index (χ1) is 5.55. The largest absolute Gasteiger partial charge is 0.398 e. The van der Waals surface area contributed by atoms with Crippen LogP contribution in [0.25, 0.3) is 0 Å². The maximum absolute atomic E-state index is 12.2. The van der Waals surface area contributed by atoms with Gasteiger partial charge in [0.15, 0.2) is 0 Å². The summed E-state index contributed by atoms with van der Waals surface area (Å²) in [6.45, 7) is -0.451. The molecule has 0 radical (unpaired) electrons. The number of halogens is 3. The number of rotatable bonds is 2. The molecular formula is C6H7F3N2S. The van der Waals surface area contributed by atoms with E-state index >= 15 is 0 Å². The minimum Gasteiger partial charge on any atom is -0.329 e. The van der Waals surface area contributed by atoms with Crippen LogP contribution in [0.4, 0.5) is 13.2 Å². The average molecular weight is 196 g/mol. The third-order valence-corrected chi connectivity index (χ3v) is 2.04. The number of aromatic nitrogens is 1. The minimum atomic E-state index is -4.29. The molecule has 0 fully saturated rings. The fourth-order valence-corrected chi connectivity index (χ4v) is 1.42. The van der Waals surface area contributed by atoms with Crippen LogP contribution >= 0.6 is 11.3 Å². The first-order valence-corrected chi connectivity index (χ1v) is 4.15. The van der Waals surface area contributed by atoms with Gasteiger partial charge in [-0.25, -0.2) is 4.98 Å². The van der Waals surface area contributed by atoms with Crippen molar-refractivity contribution in [1.82, 2.24) is 4.98 Å². The summed E-state index contributed by atoms with van der Waals surface area (Å²) in [5, 5.41) is 1.37. The highest BCUT2D eigenvalue weighted by molar-refractivity contribution is 7.07. The van der Waals surface area contributed by atoms with Gasteiger partial charge in [-0.2, -0.15) is 13.2 Å². The molecule has 1 atom stereocenters. The van der Waals surface area contributed by atoms with Crippen molar-refractivity contribution in [2.24, 2.45) is 5.73 Å². The molecule has 0 aliphatic heterocycles. The zero-order valence-corrected chi connectivity index (χ0v) is 6.82. The number of nitrogens with zero attached hydrogens (tertiary/aromatic N) is 1. The first kappa shape index (κ1) is 9.47.